The molecule has 7 rings (SSSR count). The van der Waals surface area contributed by atoms with Gasteiger partial charge in [-0.3, -0.25) is 9.69 Å². The summed E-state index contributed by atoms with van der Waals surface area (Å²) in [5.41, 5.74) is 9.50. The van der Waals surface area contributed by atoms with Crippen LogP contribution in [0.15, 0.2) is 0 Å². The van der Waals surface area contributed by atoms with Crippen molar-refractivity contribution in [3.05, 3.63) is 27.3 Å². The molecule has 0 radical (unpaired) electrons. The first kappa shape index (κ1) is 24.1. The van der Waals surface area contributed by atoms with Gasteiger partial charge in [0.2, 0.25) is 6.41 Å². The third kappa shape index (κ3) is 3.60. The summed E-state index contributed by atoms with van der Waals surface area (Å²) in [5.74, 6) is 0.815. The fourth-order valence-electron chi connectivity index (χ4n) is 7.63. The maximum absolute atomic E-state index is 14.3. The van der Waals surface area contributed by atoms with Crippen LogP contribution in [0.4, 0.5) is 15.2 Å². The van der Waals surface area contributed by atoms with Crippen molar-refractivity contribution in [2.45, 2.75) is 68.6 Å². The second-order valence-corrected chi connectivity index (χ2v) is 12.8. The van der Waals surface area contributed by atoms with Gasteiger partial charge in [-0.1, -0.05) is 0 Å². The highest BCUT2D eigenvalue weighted by Crippen LogP contribution is 2.53. The van der Waals surface area contributed by atoms with Gasteiger partial charge >= 0.3 is 6.01 Å². The second-order valence-electron chi connectivity index (χ2n) is 11.7. The fourth-order valence-corrected chi connectivity index (χ4v) is 8.77. The number of ether oxygens (including phenoxy) is 1. The molecule has 6 heterocycles. The van der Waals surface area contributed by atoms with Crippen molar-refractivity contribution < 1.29 is 13.9 Å². The average molecular weight is 538 g/mol. The lowest BCUT2D eigenvalue weighted by Crippen LogP contribution is -2.59. The molecular formula is C27H32FN7O2S. The molecule has 2 aromatic heterocycles. The zero-order chi connectivity index (χ0) is 26.1. The van der Waals surface area contributed by atoms with Gasteiger partial charge in [0.15, 0.2) is 0 Å². The Morgan fingerprint density at radius 2 is 2.11 bits per heavy atom. The molecule has 1 spiro atoms. The number of aryl methyl sites for hydroxylation is 2. The number of anilines is 2. The van der Waals surface area contributed by atoms with E-state index in [1.54, 1.807) is 16.2 Å². The van der Waals surface area contributed by atoms with E-state index >= 15 is 0 Å². The number of nitrogens with zero attached hydrogens (tertiary/aromatic N) is 6. The summed E-state index contributed by atoms with van der Waals surface area (Å²) in [5, 5.41) is 10.4. The van der Waals surface area contributed by atoms with Crippen LogP contribution in [0.25, 0.3) is 0 Å². The quantitative estimate of drug-likeness (QED) is 0.580. The molecule has 3 fully saturated rings. The highest BCUT2D eigenvalue weighted by Gasteiger charge is 2.53. The Bertz CT molecular complexity index is 1340. The van der Waals surface area contributed by atoms with Crippen LogP contribution in [0, 0.1) is 11.3 Å². The zero-order valence-corrected chi connectivity index (χ0v) is 22.2. The predicted molar refractivity (Wildman–Crippen MR) is 141 cm³/mol. The van der Waals surface area contributed by atoms with Crippen LogP contribution in [0.3, 0.4) is 0 Å². The molecule has 0 saturated carbocycles. The number of halogens is 1. The van der Waals surface area contributed by atoms with Gasteiger partial charge in [-0.2, -0.15) is 15.2 Å². The van der Waals surface area contributed by atoms with Crippen molar-refractivity contribution >= 4 is 28.6 Å². The minimum atomic E-state index is -0.810. The van der Waals surface area contributed by atoms with Gasteiger partial charge in [0.25, 0.3) is 0 Å². The lowest BCUT2D eigenvalue weighted by Gasteiger charge is -2.50. The van der Waals surface area contributed by atoms with E-state index in [0.717, 1.165) is 87.2 Å². The monoisotopic (exact) mass is 537 g/mol. The summed E-state index contributed by atoms with van der Waals surface area (Å²) in [4.78, 5) is 29.0. The SMILES string of the molecule is N#Cc1c(N)sc2c1C1(CC2)CN(c2nc(OC[C@@]34CCCN3C[C@H](F)C4)nc3c2CN(C=O)CCC3)C1. The number of thiophene rings is 1. The van der Waals surface area contributed by atoms with Crippen molar-refractivity contribution in [3.63, 3.8) is 0 Å². The van der Waals surface area contributed by atoms with Gasteiger partial charge < -0.3 is 20.3 Å². The summed E-state index contributed by atoms with van der Waals surface area (Å²) in [6.45, 7) is 4.43. The smallest absolute Gasteiger partial charge is 0.318 e. The molecule has 3 saturated heterocycles. The number of nitriles is 1. The topological polar surface area (TPSA) is 112 Å². The fraction of sp³-hybridized carbons (Fsp3) is 0.630. The number of carbonyl (C=O) groups excluding carboxylic acids is 1. The van der Waals surface area contributed by atoms with Crippen molar-refractivity contribution in [3.8, 4) is 12.1 Å². The number of nitrogens with two attached hydrogens (primary N) is 1. The maximum atomic E-state index is 14.3. The summed E-state index contributed by atoms with van der Waals surface area (Å²) in [6.07, 6.45) is 6.11. The van der Waals surface area contributed by atoms with Crippen molar-refractivity contribution in [1.82, 2.24) is 19.8 Å². The molecule has 1 aliphatic carbocycles. The molecule has 0 aromatic carbocycles. The number of fused-ring (bicyclic) bond motifs is 4. The van der Waals surface area contributed by atoms with Crippen LogP contribution in [0.2, 0.25) is 0 Å². The Kier molecular flexibility index (Phi) is 5.57. The maximum Gasteiger partial charge on any atom is 0.318 e. The molecule has 2 atom stereocenters. The molecule has 2 aromatic rings. The first-order valence-corrected chi connectivity index (χ1v) is 14.4. The van der Waals surface area contributed by atoms with E-state index in [2.05, 4.69) is 15.9 Å². The lowest BCUT2D eigenvalue weighted by molar-refractivity contribution is -0.118. The van der Waals surface area contributed by atoms with Crippen LogP contribution in [0.1, 0.15) is 59.4 Å². The molecule has 1 amide bonds. The van der Waals surface area contributed by atoms with Gasteiger partial charge in [0.1, 0.15) is 29.7 Å². The number of carbonyl (C=O) groups is 1. The van der Waals surface area contributed by atoms with E-state index in [1.807, 2.05) is 0 Å². The molecule has 0 unspecified atom stereocenters. The Morgan fingerprint density at radius 3 is 2.92 bits per heavy atom. The summed E-state index contributed by atoms with van der Waals surface area (Å²) >= 11 is 1.55. The van der Waals surface area contributed by atoms with E-state index in [1.165, 1.54) is 4.88 Å². The number of rotatable bonds is 5. The molecule has 4 aliphatic heterocycles. The molecule has 200 valence electrons. The molecule has 11 heteroatoms. The van der Waals surface area contributed by atoms with Gasteiger partial charge in [0, 0.05) is 48.5 Å². The highest BCUT2D eigenvalue weighted by molar-refractivity contribution is 7.16. The standard InChI is InChI=1S/C27H32FN7O2S/c28-17-9-27(5-2-8-35(27)11-17)15-37-25-31-20-3-1-7-33(16-36)12-19(20)24(32-25)34-13-26(14-34)6-4-21-22(26)18(10-29)23(30)38-21/h16-17H,1-9,11-15,30H2/t17-,27+/m1/s1. The Balaban J connectivity index is 1.19. The van der Waals surface area contributed by atoms with E-state index in [4.69, 9.17) is 20.4 Å². The third-order valence-electron chi connectivity index (χ3n) is 9.42. The van der Waals surface area contributed by atoms with Crippen LogP contribution >= 0.6 is 11.3 Å². The lowest BCUT2D eigenvalue weighted by atomic mass is 9.74. The van der Waals surface area contributed by atoms with Crippen molar-refractivity contribution in [2.24, 2.45) is 0 Å². The number of hydrogen-bond acceptors (Lipinski definition) is 9. The first-order chi connectivity index (χ1) is 18.4. The van der Waals surface area contributed by atoms with Crippen molar-refractivity contribution in [1.29, 1.82) is 5.26 Å². The minimum Gasteiger partial charge on any atom is -0.461 e. The number of aromatic nitrogens is 2. The van der Waals surface area contributed by atoms with Crippen molar-refractivity contribution in [2.75, 3.05) is 50.0 Å². The van der Waals surface area contributed by atoms with Crippen LogP contribution < -0.4 is 15.4 Å². The van der Waals surface area contributed by atoms with E-state index in [0.29, 0.717) is 49.2 Å². The summed E-state index contributed by atoms with van der Waals surface area (Å²) in [7, 11) is 0. The van der Waals surface area contributed by atoms with Gasteiger partial charge in [-0.05, 0) is 50.6 Å². The number of amides is 1. The van der Waals surface area contributed by atoms with Gasteiger partial charge in [0.05, 0.1) is 23.3 Å². The van der Waals surface area contributed by atoms with Gasteiger partial charge in [-0.15, -0.1) is 11.3 Å². The molecule has 38 heavy (non-hydrogen) atoms. The molecule has 9 nitrogen and oxygen atoms in total. The second kappa shape index (κ2) is 8.78. The van der Waals surface area contributed by atoms with E-state index in [-0.39, 0.29) is 11.0 Å². The average Bonchev–Trinajstić information content (AvgIpc) is 3.55. The Labute approximate surface area is 225 Å². The molecule has 2 N–H and O–H groups in total. The number of hydrogen-bond donors (Lipinski definition) is 1. The highest BCUT2D eigenvalue weighted by atomic mass is 32.1. The minimum absolute atomic E-state index is 0.0915. The van der Waals surface area contributed by atoms with Crippen LogP contribution in [0.5, 0.6) is 6.01 Å². The first-order valence-electron chi connectivity index (χ1n) is 13.6. The summed E-state index contributed by atoms with van der Waals surface area (Å²) < 4.78 is 20.6. The van der Waals surface area contributed by atoms with E-state index in [9.17, 15) is 14.4 Å². The Morgan fingerprint density at radius 1 is 1.24 bits per heavy atom. The number of nitrogen functional groups attached to an aromatic ring is 1. The van der Waals surface area contributed by atoms with E-state index < -0.39 is 6.17 Å². The normalized spacial score (nSPS) is 27.4. The summed E-state index contributed by atoms with van der Waals surface area (Å²) in [6, 6.07) is 2.68. The Hall–Kier alpha value is -2.97. The van der Waals surface area contributed by atoms with Crippen LogP contribution in [-0.2, 0) is 29.6 Å². The number of alkyl halides is 1. The van der Waals surface area contributed by atoms with Gasteiger partial charge in [-0.25, -0.2) is 4.39 Å². The molecule has 5 aliphatic rings. The van der Waals surface area contributed by atoms with Crippen LogP contribution in [-0.4, -0.2) is 77.2 Å². The zero-order valence-electron chi connectivity index (χ0n) is 21.4. The third-order valence-corrected chi connectivity index (χ3v) is 10.5. The molecule has 0 bridgehead atoms. The predicted octanol–water partition coefficient (Wildman–Crippen LogP) is 2.56. The largest absolute Gasteiger partial charge is 0.461 e. The molecular weight excluding hydrogens is 505 g/mol.